The lowest BCUT2D eigenvalue weighted by Crippen LogP contribution is -2.30. The molecule has 0 fully saturated rings. The van der Waals surface area contributed by atoms with E-state index in [0.29, 0.717) is 5.36 Å². The topological polar surface area (TPSA) is 50.5 Å². The van der Waals surface area contributed by atoms with Crippen LogP contribution in [0.4, 0.5) is 13.2 Å². The lowest BCUT2D eigenvalue weighted by Gasteiger charge is -2.01. The van der Waals surface area contributed by atoms with E-state index in [9.17, 15) is 13.2 Å². The molecular formula is C6H3F3N4. The number of halogens is 3. The van der Waals surface area contributed by atoms with Crippen molar-refractivity contribution < 1.29 is 13.2 Å². The molecule has 0 amide bonds. The van der Waals surface area contributed by atoms with E-state index >= 15 is 0 Å². The Morgan fingerprint density at radius 2 is 2.00 bits per heavy atom. The second-order valence-electron chi connectivity index (χ2n) is 2.36. The number of fused-ring (bicyclic) bond motifs is 1. The molecule has 0 aliphatic carbocycles. The van der Waals surface area contributed by atoms with Crippen molar-refractivity contribution in [1.29, 1.82) is 0 Å². The molecule has 68 valence electrons. The Balaban J connectivity index is 2.62. The molecule has 2 rings (SSSR count). The second kappa shape index (κ2) is 2.48. The Bertz CT molecular complexity index is 450. The van der Waals surface area contributed by atoms with Crippen LogP contribution < -0.4 is 10.8 Å². The van der Waals surface area contributed by atoms with Crippen molar-refractivity contribution in [1.82, 2.24) is 9.97 Å². The van der Waals surface area contributed by atoms with Crippen LogP contribution in [0.3, 0.4) is 0 Å². The highest BCUT2D eigenvalue weighted by atomic mass is 19.4. The minimum Gasteiger partial charge on any atom is -0.256 e. The zero-order valence-corrected chi connectivity index (χ0v) is 6.21. The van der Waals surface area contributed by atoms with Gasteiger partial charge in [0, 0.05) is 0 Å². The van der Waals surface area contributed by atoms with Crippen molar-refractivity contribution in [3.8, 4) is 0 Å². The molecule has 0 saturated carbocycles. The van der Waals surface area contributed by atoms with Crippen LogP contribution in [-0.2, 0) is 6.18 Å². The molecule has 0 radical (unpaired) electrons. The number of hydrogen-bond donors (Lipinski definition) is 0. The van der Waals surface area contributed by atoms with Crippen molar-refractivity contribution in [3.05, 3.63) is 22.9 Å². The first-order valence-electron chi connectivity index (χ1n) is 3.36. The van der Waals surface area contributed by atoms with Crippen LogP contribution in [0.1, 0.15) is 5.82 Å². The van der Waals surface area contributed by atoms with Crippen LogP contribution >= 0.6 is 0 Å². The highest BCUT2D eigenvalue weighted by Crippen LogP contribution is 2.24. The molecule has 1 aliphatic heterocycles. The summed E-state index contributed by atoms with van der Waals surface area (Å²) in [5.41, 5.74) is 0.0160. The summed E-state index contributed by atoms with van der Waals surface area (Å²) >= 11 is 0. The van der Waals surface area contributed by atoms with Gasteiger partial charge in [-0.1, -0.05) is 0 Å². The molecule has 1 aromatic heterocycles. The van der Waals surface area contributed by atoms with Gasteiger partial charge in [0.05, 0.1) is 6.20 Å². The molecule has 0 N–H and O–H groups in total. The standard InChI is InChI=1S/C6H3F3N4/c7-6(8,9)5-10-1-3-4(13-5)12-2-11-3/h1H,2H2. The van der Waals surface area contributed by atoms with Gasteiger partial charge < -0.3 is 0 Å². The predicted octanol–water partition coefficient (Wildman–Crippen LogP) is -0.294. The quantitative estimate of drug-likeness (QED) is 0.561. The summed E-state index contributed by atoms with van der Waals surface area (Å²) in [6.45, 7) is 0.130. The van der Waals surface area contributed by atoms with E-state index in [1.807, 2.05) is 0 Å². The zero-order chi connectivity index (χ0) is 9.47. The molecule has 0 saturated heterocycles. The van der Waals surface area contributed by atoms with E-state index < -0.39 is 12.0 Å². The third kappa shape index (κ3) is 1.36. The van der Waals surface area contributed by atoms with Crippen molar-refractivity contribution in [2.45, 2.75) is 6.18 Å². The first kappa shape index (κ1) is 8.09. The van der Waals surface area contributed by atoms with Crippen molar-refractivity contribution in [2.24, 2.45) is 9.98 Å². The lowest BCUT2D eigenvalue weighted by atomic mass is 10.5. The molecule has 0 bridgehead atoms. The lowest BCUT2D eigenvalue weighted by molar-refractivity contribution is -0.145. The van der Waals surface area contributed by atoms with Crippen LogP contribution in [0.25, 0.3) is 0 Å². The third-order valence-corrected chi connectivity index (χ3v) is 1.47. The van der Waals surface area contributed by atoms with Gasteiger partial charge >= 0.3 is 6.18 Å². The summed E-state index contributed by atoms with van der Waals surface area (Å²) in [5.74, 6) is -1.17. The molecule has 1 aromatic rings. The summed E-state index contributed by atoms with van der Waals surface area (Å²) in [7, 11) is 0. The molecule has 13 heavy (non-hydrogen) atoms. The van der Waals surface area contributed by atoms with Gasteiger partial charge in [-0.2, -0.15) is 13.2 Å². The van der Waals surface area contributed by atoms with E-state index in [-0.39, 0.29) is 12.2 Å². The maximum Gasteiger partial charge on any atom is 0.451 e. The molecule has 0 atom stereocenters. The van der Waals surface area contributed by atoms with Gasteiger partial charge in [-0.05, 0) is 0 Å². The monoisotopic (exact) mass is 188 g/mol. The summed E-state index contributed by atoms with van der Waals surface area (Å²) in [4.78, 5) is 13.8. The van der Waals surface area contributed by atoms with Gasteiger partial charge in [0.2, 0.25) is 5.82 Å². The largest absolute Gasteiger partial charge is 0.451 e. The molecule has 2 heterocycles. The van der Waals surface area contributed by atoms with Crippen LogP contribution in [0.2, 0.25) is 0 Å². The highest BCUT2D eigenvalue weighted by molar-refractivity contribution is 4.94. The van der Waals surface area contributed by atoms with E-state index in [2.05, 4.69) is 20.0 Å². The third-order valence-electron chi connectivity index (χ3n) is 1.47. The van der Waals surface area contributed by atoms with Gasteiger partial charge in [0.25, 0.3) is 0 Å². The Morgan fingerprint density at radius 3 is 2.69 bits per heavy atom. The Hall–Kier alpha value is -1.53. The first-order valence-corrected chi connectivity index (χ1v) is 3.36. The second-order valence-corrected chi connectivity index (χ2v) is 2.36. The SMILES string of the molecule is FC(F)(F)c1ncc2c(n1)=NCN=2. The van der Waals surface area contributed by atoms with Crippen LogP contribution in [0.15, 0.2) is 16.2 Å². The van der Waals surface area contributed by atoms with Crippen LogP contribution in [-0.4, -0.2) is 16.6 Å². The molecule has 7 heteroatoms. The number of nitrogens with zero attached hydrogens (tertiary/aromatic N) is 4. The van der Waals surface area contributed by atoms with Crippen LogP contribution in [0, 0.1) is 0 Å². The van der Waals surface area contributed by atoms with E-state index in [1.54, 1.807) is 0 Å². The number of hydrogen-bond acceptors (Lipinski definition) is 4. The predicted molar refractivity (Wildman–Crippen MR) is 34.2 cm³/mol. The normalized spacial score (nSPS) is 14.7. The summed E-state index contributed by atoms with van der Waals surface area (Å²) in [5, 5.41) is 0.313. The molecule has 0 unspecified atom stereocenters. The van der Waals surface area contributed by atoms with Gasteiger partial charge in [0.15, 0.2) is 5.49 Å². The maximum absolute atomic E-state index is 12.1. The number of aromatic nitrogens is 2. The minimum atomic E-state index is -4.52. The summed E-state index contributed by atoms with van der Waals surface area (Å²) in [6.07, 6.45) is -3.49. The summed E-state index contributed by atoms with van der Waals surface area (Å²) in [6, 6.07) is 0. The number of alkyl halides is 3. The van der Waals surface area contributed by atoms with Crippen molar-refractivity contribution >= 4 is 0 Å². The van der Waals surface area contributed by atoms with Crippen LogP contribution in [0.5, 0.6) is 0 Å². The van der Waals surface area contributed by atoms with Gasteiger partial charge in [-0.3, -0.25) is 4.99 Å². The Labute approximate surface area is 69.9 Å². The average molecular weight is 188 g/mol. The zero-order valence-electron chi connectivity index (χ0n) is 6.21. The number of rotatable bonds is 0. The fourth-order valence-corrected chi connectivity index (χ4v) is 0.909. The summed E-state index contributed by atoms with van der Waals surface area (Å²) < 4.78 is 36.2. The van der Waals surface area contributed by atoms with E-state index in [4.69, 9.17) is 0 Å². The molecule has 0 spiro atoms. The van der Waals surface area contributed by atoms with Crippen molar-refractivity contribution in [2.75, 3.05) is 6.67 Å². The van der Waals surface area contributed by atoms with Crippen molar-refractivity contribution in [3.63, 3.8) is 0 Å². The highest BCUT2D eigenvalue weighted by Gasteiger charge is 2.34. The fraction of sp³-hybridized carbons (Fsp3) is 0.333. The van der Waals surface area contributed by atoms with E-state index in [0.717, 1.165) is 6.20 Å². The van der Waals surface area contributed by atoms with Gasteiger partial charge in [-0.25, -0.2) is 15.0 Å². The van der Waals surface area contributed by atoms with Gasteiger partial charge in [0.1, 0.15) is 12.0 Å². The van der Waals surface area contributed by atoms with Gasteiger partial charge in [-0.15, -0.1) is 0 Å². The minimum absolute atomic E-state index is 0.0160. The molecule has 4 nitrogen and oxygen atoms in total. The molecule has 0 aromatic carbocycles. The average Bonchev–Trinajstić information content (AvgIpc) is 2.47. The Morgan fingerprint density at radius 1 is 1.23 bits per heavy atom. The Kier molecular flexibility index (Phi) is 1.54. The molecular weight excluding hydrogens is 185 g/mol. The van der Waals surface area contributed by atoms with E-state index in [1.165, 1.54) is 0 Å². The maximum atomic E-state index is 12.1. The fourth-order valence-electron chi connectivity index (χ4n) is 0.909. The first-order chi connectivity index (χ1) is 6.07. The smallest absolute Gasteiger partial charge is 0.256 e. The molecule has 1 aliphatic rings.